The lowest BCUT2D eigenvalue weighted by molar-refractivity contribution is 0.416. The van der Waals surface area contributed by atoms with Crippen LogP contribution in [0.25, 0.3) is 39.3 Å². The van der Waals surface area contributed by atoms with Crippen molar-refractivity contribution in [2.45, 2.75) is 6.92 Å². The summed E-state index contributed by atoms with van der Waals surface area (Å²) < 4.78 is 7.58. The topological polar surface area (TPSA) is 39.4 Å². The van der Waals surface area contributed by atoms with Gasteiger partial charge in [-0.2, -0.15) is 5.10 Å². The van der Waals surface area contributed by atoms with Crippen LogP contribution in [0.5, 0.6) is 5.75 Å². The molecule has 0 N–H and O–H groups in total. The first-order valence-corrected chi connectivity index (χ1v) is 9.91. The summed E-state index contributed by atoms with van der Waals surface area (Å²) in [4.78, 5) is 5.05. The average Bonchev–Trinajstić information content (AvgIpc) is 3.15. The highest BCUT2D eigenvalue weighted by Gasteiger charge is 2.20. The van der Waals surface area contributed by atoms with E-state index in [-0.39, 0.29) is 0 Å². The molecule has 146 valence electrons. The van der Waals surface area contributed by atoms with Gasteiger partial charge >= 0.3 is 0 Å². The molecule has 0 aliphatic carbocycles. The summed E-state index contributed by atoms with van der Waals surface area (Å²) in [7, 11) is 1.69. The van der Waals surface area contributed by atoms with E-state index >= 15 is 0 Å². The predicted molar refractivity (Wildman–Crippen MR) is 121 cm³/mol. The number of methoxy groups -OCH3 is 1. The Kier molecular flexibility index (Phi) is 4.52. The largest absolute Gasteiger partial charge is 0.496 e. The fraction of sp³-hybridized carbons (Fsp3) is 0.0769. The smallest absolute Gasteiger partial charge is 0.164 e. The summed E-state index contributed by atoms with van der Waals surface area (Å²) >= 11 is 0. The molecule has 0 saturated carbocycles. The molecule has 2 aromatic heterocycles. The Morgan fingerprint density at radius 3 is 2.10 bits per heavy atom. The predicted octanol–water partition coefficient (Wildman–Crippen LogP) is 6.05. The van der Waals surface area contributed by atoms with Gasteiger partial charge in [0, 0.05) is 16.7 Å². The van der Waals surface area contributed by atoms with Crippen molar-refractivity contribution < 1.29 is 4.74 Å². The van der Waals surface area contributed by atoms with Crippen molar-refractivity contribution in [3.8, 4) is 39.4 Å². The number of para-hydroxylation sites is 1. The molecule has 0 radical (unpaired) electrons. The molecule has 0 aliphatic heterocycles. The lowest BCUT2D eigenvalue weighted by atomic mass is 10.0. The van der Waals surface area contributed by atoms with Crippen LogP contribution in [0.1, 0.15) is 5.69 Å². The minimum atomic E-state index is 0.809. The Bertz CT molecular complexity index is 1330. The molecule has 5 rings (SSSR count). The van der Waals surface area contributed by atoms with Crippen LogP contribution in [0.4, 0.5) is 0 Å². The third-order valence-electron chi connectivity index (χ3n) is 5.28. The standard InChI is InChI=1S/C26H21N3O/c1-18-25(21-15-9-10-16-24(21)30-2)26-27-22(19-11-5-3-6-12-19)17-23(29(26)28-18)20-13-7-4-8-14-20/h3-17H,1-2H3. The molecule has 3 aromatic carbocycles. The van der Waals surface area contributed by atoms with Gasteiger partial charge in [-0.1, -0.05) is 78.9 Å². The molecule has 0 aliphatic rings. The molecule has 2 heterocycles. The molecule has 0 amide bonds. The minimum Gasteiger partial charge on any atom is -0.496 e. The van der Waals surface area contributed by atoms with Gasteiger partial charge in [0.25, 0.3) is 0 Å². The van der Waals surface area contributed by atoms with Crippen molar-refractivity contribution in [1.29, 1.82) is 0 Å². The number of benzene rings is 3. The van der Waals surface area contributed by atoms with Crippen LogP contribution in [0.15, 0.2) is 91.0 Å². The number of fused-ring (bicyclic) bond motifs is 1. The SMILES string of the molecule is COc1ccccc1-c1c(C)nn2c(-c3ccccc3)cc(-c3ccccc3)nc12. The summed E-state index contributed by atoms with van der Waals surface area (Å²) in [6.07, 6.45) is 0. The van der Waals surface area contributed by atoms with Crippen molar-refractivity contribution >= 4 is 5.65 Å². The maximum atomic E-state index is 5.64. The Labute approximate surface area is 175 Å². The summed E-state index contributed by atoms with van der Waals surface area (Å²) in [5, 5.41) is 4.87. The molecule has 0 atom stereocenters. The Balaban J connectivity index is 1.87. The number of aryl methyl sites for hydroxylation is 1. The van der Waals surface area contributed by atoms with E-state index in [0.717, 1.165) is 50.7 Å². The van der Waals surface area contributed by atoms with Crippen LogP contribution in [0.3, 0.4) is 0 Å². The monoisotopic (exact) mass is 391 g/mol. The molecular formula is C26H21N3O. The van der Waals surface area contributed by atoms with Crippen LogP contribution >= 0.6 is 0 Å². The number of hydrogen-bond acceptors (Lipinski definition) is 3. The van der Waals surface area contributed by atoms with E-state index in [1.807, 2.05) is 66.0 Å². The van der Waals surface area contributed by atoms with Gasteiger partial charge in [0.1, 0.15) is 5.75 Å². The van der Waals surface area contributed by atoms with E-state index < -0.39 is 0 Å². The van der Waals surface area contributed by atoms with Crippen LogP contribution < -0.4 is 4.74 Å². The number of rotatable bonds is 4. The van der Waals surface area contributed by atoms with Gasteiger partial charge in [0.2, 0.25) is 0 Å². The van der Waals surface area contributed by atoms with Gasteiger partial charge in [-0.3, -0.25) is 0 Å². The Hall–Kier alpha value is -3.92. The van der Waals surface area contributed by atoms with E-state index in [2.05, 4.69) is 36.4 Å². The van der Waals surface area contributed by atoms with Crippen molar-refractivity contribution in [1.82, 2.24) is 14.6 Å². The zero-order chi connectivity index (χ0) is 20.5. The normalized spacial score (nSPS) is 11.0. The molecule has 5 aromatic rings. The number of aromatic nitrogens is 3. The van der Waals surface area contributed by atoms with Crippen molar-refractivity contribution in [3.63, 3.8) is 0 Å². The van der Waals surface area contributed by atoms with Gasteiger partial charge in [-0.25, -0.2) is 9.50 Å². The second kappa shape index (κ2) is 7.48. The van der Waals surface area contributed by atoms with E-state index in [9.17, 15) is 0 Å². The zero-order valence-corrected chi connectivity index (χ0v) is 16.9. The first kappa shape index (κ1) is 18.1. The molecular weight excluding hydrogens is 370 g/mol. The van der Waals surface area contributed by atoms with Crippen molar-refractivity contribution in [3.05, 3.63) is 96.7 Å². The summed E-state index contributed by atoms with van der Waals surface area (Å²) in [5.74, 6) is 0.809. The second-order valence-corrected chi connectivity index (χ2v) is 7.15. The van der Waals surface area contributed by atoms with Gasteiger partial charge in [-0.05, 0) is 19.1 Å². The molecule has 0 spiro atoms. The summed E-state index contributed by atoms with van der Waals surface area (Å²) in [6.45, 7) is 2.02. The van der Waals surface area contributed by atoms with Crippen molar-refractivity contribution in [2.75, 3.05) is 7.11 Å². The van der Waals surface area contributed by atoms with E-state index in [1.165, 1.54) is 0 Å². The number of nitrogens with zero attached hydrogens (tertiary/aromatic N) is 3. The maximum absolute atomic E-state index is 5.64. The first-order chi connectivity index (χ1) is 14.8. The van der Waals surface area contributed by atoms with Gasteiger partial charge in [0.15, 0.2) is 5.65 Å². The van der Waals surface area contributed by atoms with E-state index in [4.69, 9.17) is 14.8 Å². The van der Waals surface area contributed by atoms with Crippen LogP contribution in [0, 0.1) is 6.92 Å². The minimum absolute atomic E-state index is 0.809. The van der Waals surface area contributed by atoms with E-state index in [1.54, 1.807) is 7.11 Å². The van der Waals surface area contributed by atoms with Crippen molar-refractivity contribution in [2.24, 2.45) is 0 Å². The highest BCUT2D eigenvalue weighted by molar-refractivity contribution is 5.86. The first-order valence-electron chi connectivity index (χ1n) is 9.91. The molecule has 0 unspecified atom stereocenters. The van der Waals surface area contributed by atoms with Gasteiger partial charge in [0.05, 0.1) is 29.8 Å². The van der Waals surface area contributed by atoms with Crippen LogP contribution in [-0.2, 0) is 0 Å². The Morgan fingerprint density at radius 1 is 0.767 bits per heavy atom. The summed E-state index contributed by atoms with van der Waals surface area (Å²) in [6, 6.07) is 30.7. The quantitative estimate of drug-likeness (QED) is 0.374. The fourth-order valence-corrected chi connectivity index (χ4v) is 3.86. The Morgan fingerprint density at radius 2 is 1.40 bits per heavy atom. The summed E-state index contributed by atoms with van der Waals surface area (Å²) in [5.41, 5.74) is 7.79. The van der Waals surface area contributed by atoms with Crippen LogP contribution in [0.2, 0.25) is 0 Å². The zero-order valence-electron chi connectivity index (χ0n) is 16.9. The van der Waals surface area contributed by atoms with E-state index in [0.29, 0.717) is 0 Å². The lowest BCUT2D eigenvalue weighted by Gasteiger charge is -2.11. The second-order valence-electron chi connectivity index (χ2n) is 7.15. The highest BCUT2D eigenvalue weighted by atomic mass is 16.5. The maximum Gasteiger partial charge on any atom is 0.164 e. The van der Waals surface area contributed by atoms with Crippen LogP contribution in [-0.4, -0.2) is 21.7 Å². The lowest BCUT2D eigenvalue weighted by Crippen LogP contribution is -1.99. The third-order valence-corrected chi connectivity index (χ3v) is 5.28. The van der Waals surface area contributed by atoms with Gasteiger partial charge in [-0.15, -0.1) is 0 Å². The fourth-order valence-electron chi connectivity index (χ4n) is 3.86. The molecule has 30 heavy (non-hydrogen) atoms. The molecule has 0 bridgehead atoms. The molecule has 0 saturated heterocycles. The molecule has 4 nitrogen and oxygen atoms in total. The molecule has 4 heteroatoms. The molecule has 0 fully saturated rings. The van der Waals surface area contributed by atoms with Gasteiger partial charge < -0.3 is 4.74 Å². The average molecular weight is 391 g/mol. The number of ether oxygens (including phenoxy) is 1. The third kappa shape index (κ3) is 3.03. The number of hydrogen-bond donors (Lipinski definition) is 0. The highest BCUT2D eigenvalue weighted by Crippen LogP contribution is 2.37.